The number of hydrogen-bond donors (Lipinski definition) is 4. The molecule has 0 fully saturated rings. The summed E-state index contributed by atoms with van der Waals surface area (Å²) >= 11 is 0. The lowest BCUT2D eigenvalue weighted by Crippen LogP contribution is -2.27. The van der Waals surface area contributed by atoms with Crippen molar-refractivity contribution in [1.82, 2.24) is 15.2 Å². The van der Waals surface area contributed by atoms with Gasteiger partial charge in [-0.3, -0.25) is 14.7 Å². The van der Waals surface area contributed by atoms with Crippen LogP contribution in [0.25, 0.3) is 33.4 Å². The monoisotopic (exact) mass is 442 g/mol. The quantitative estimate of drug-likeness (QED) is 0.374. The second-order valence-electron chi connectivity index (χ2n) is 9.02. The van der Waals surface area contributed by atoms with Crippen molar-refractivity contribution in [3.8, 4) is 22.5 Å². The molecule has 8 heteroatoms. The van der Waals surface area contributed by atoms with Crippen molar-refractivity contribution < 1.29 is 9.59 Å². The number of H-pyrrole nitrogens is 1. The lowest BCUT2D eigenvalue weighted by atomic mass is 9.94. The first-order valence-electron chi connectivity index (χ1n) is 10.5. The first-order valence-corrected chi connectivity index (χ1v) is 10.5. The van der Waals surface area contributed by atoms with E-state index in [0.717, 1.165) is 22.0 Å². The Bertz CT molecular complexity index is 1400. The fraction of sp³-hybridized carbons (Fsp3) is 0.200. The van der Waals surface area contributed by atoms with Gasteiger partial charge in [0.15, 0.2) is 0 Å². The second-order valence-corrected chi connectivity index (χ2v) is 9.02. The highest BCUT2D eigenvalue weighted by Gasteiger charge is 2.24. The van der Waals surface area contributed by atoms with E-state index < -0.39 is 11.3 Å². The number of aryl methyl sites for hydroxylation is 1. The maximum atomic E-state index is 12.7. The van der Waals surface area contributed by atoms with Crippen LogP contribution < -0.4 is 16.8 Å². The number of pyridine rings is 1. The minimum Gasteiger partial charge on any atom is -0.396 e. The molecule has 2 aromatic carbocycles. The zero-order chi connectivity index (χ0) is 23.9. The van der Waals surface area contributed by atoms with Crippen molar-refractivity contribution in [2.75, 3.05) is 11.1 Å². The predicted molar refractivity (Wildman–Crippen MR) is 131 cm³/mol. The fourth-order valence-electron chi connectivity index (χ4n) is 3.65. The number of aromatic amines is 1. The standard InChI is InChI=1S/C25H26N6O2/c1-13-9-10-18-16(12-28-31-18)20(13)22-21(26)15(23(27)32)11-19(29-22)14-7-5-6-8-17(14)30-24(33)25(2,3)4/h5-12H,26H2,1-4H3,(H2,27,32)(H,28,31)(H,30,33). The maximum Gasteiger partial charge on any atom is 0.250 e. The normalized spacial score (nSPS) is 11.5. The van der Waals surface area contributed by atoms with Gasteiger partial charge in [-0.15, -0.1) is 0 Å². The van der Waals surface area contributed by atoms with E-state index in [9.17, 15) is 9.59 Å². The molecular weight excluding hydrogens is 416 g/mol. The van der Waals surface area contributed by atoms with Crippen molar-refractivity contribution in [2.24, 2.45) is 11.1 Å². The van der Waals surface area contributed by atoms with Gasteiger partial charge in [0.25, 0.3) is 5.91 Å². The summed E-state index contributed by atoms with van der Waals surface area (Å²) in [7, 11) is 0. The molecule has 0 unspecified atom stereocenters. The summed E-state index contributed by atoms with van der Waals surface area (Å²) in [6.07, 6.45) is 1.70. The van der Waals surface area contributed by atoms with Crippen LogP contribution in [0.4, 0.5) is 11.4 Å². The van der Waals surface area contributed by atoms with Gasteiger partial charge in [-0.1, -0.05) is 45.0 Å². The Labute approximate surface area is 191 Å². The van der Waals surface area contributed by atoms with Gasteiger partial charge in [0.1, 0.15) is 0 Å². The maximum absolute atomic E-state index is 12.7. The zero-order valence-electron chi connectivity index (χ0n) is 19.0. The average Bonchev–Trinajstić information content (AvgIpc) is 3.22. The van der Waals surface area contributed by atoms with Gasteiger partial charge < -0.3 is 16.8 Å². The zero-order valence-corrected chi connectivity index (χ0v) is 19.0. The molecule has 0 aliphatic rings. The van der Waals surface area contributed by atoms with Crippen molar-refractivity contribution in [3.63, 3.8) is 0 Å². The van der Waals surface area contributed by atoms with Crippen LogP contribution in [0, 0.1) is 12.3 Å². The van der Waals surface area contributed by atoms with Crippen LogP contribution in [-0.2, 0) is 4.79 Å². The summed E-state index contributed by atoms with van der Waals surface area (Å²) in [5.74, 6) is -0.801. The Morgan fingerprint density at radius 1 is 1.09 bits per heavy atom. The van der Waals surface area contributed by atoms with Gasteiger partial charge in [0, 0.05) is 21.9 Å². The van der Waals surface area contributed by atoms with Crippen LogP contribution in [0.3, 0.4) is 0 Å². The minimum atomic E-state index is -0.661. The number of primary amides is 1. The predicted octanol–water partition coefficient (Wildman–Crippen LogP) is 4.27. The van der Waals surface area contributed by atoms with E-state index in [1.807, 2.05) is 58.0 Å². The van der Waals surface area contributed by atoms with Crippen molar-refractivity contribution in [1.29, 1.82) is 0 Å². The number of rotatable bonds is 4. The Hall–Kier alpha value is -4.20. The summed E-state index contributed by atoms with van der Waals surface area (Å²) in [6, 6.07) is 12.7. The molecule has 2 aromatic heterocycles. The number of carbonyl (C=O) groups excluding carboxylic acids is 2. The number of benzene rings is 2. The van der Waals surface area contributed by atoms with Gasteiger partial charge in [-0.25, -0.2) is 4.98 Å². The largest absolute Gasteiger partial charge is 0.396 e. The van der Waals surface area contributed by atoms with E-state index in [2.05, 4.69) is 15.5 Å². The van der Waals surface area contributed by atoms with Crippen LogP contribution in [0.2, 0.25) is 0 Å². The third-order valence-corrected chi connectivity index (χ3v) is 5.53. The Kier molecular flexibility index (Phi) is 5.37. The number of aromatic nitrogens is 3. The summed E-state index contributed by atoms with van der Waals surface area (Å²) in [5.41, 5.74) is 16.5. The Morgan fingerprint density at radius 3 is 2.52 bits per heavy atom. The molecule has 0 bridgehead atoms. The molecule has 0 spiro atoms. The van der Waals surface area contributed by atoms with Crippen LogP contribution in [0.5, 0.6) is 0 Å². The van der Waals surface area contributed by atoms with Crippen LogP contribution in [0.1, 0.15) is 36.7 Å². The van der Waals surface area contributed by atoms with Crippen LogP contribution in [-0.4, -0.2) is 27.0 Å². The Balaban J connectivity index is 1.97. The molecule has 6 N–H and O–H groups in total. The number of amides is 2. The molecule has 4 rings (SSSR count). The van der Waals surface area contributed by atoms with Gasteiger partial charge in [0.2, 0.25) is 5.91 Å². The Morgan fingerprint density at radius 2 is 1.82 bits per heavy atom. The lowest BCUT2D eigenvalue weighted by Gasteiger charge is -2.20. The molecule has 0 atom stereocenters. The van der Waals surface area contributed by atoms with Crippen molar-refractivity contribution in [3.05, 3.63) is 59.8 Å². The summed E-state index contributed by atoms with van der Waals surface area (Å²) in [6.45, 7) is 7.45. The second kappa shape index (κ2) is 8.05. The fourth-order valence-corrected chi connectivity index (χ4v) is 3.65. The molecule has 0 aliphatic carbocycles. The molecule has 8 nitrogen and oxygen atoms in total. The van der Waals surface area contributed by atoms with Crippen molar-refractivity contribution in [2.45, 2.75) is 27.7 Å². The van der Waals surface area contributed by atoms with Crippen LogP contribution in [0.15, 0.2) is 48.7 Å². The summed E-state index contributed by atoms with van der Waals surface area (Å²) in [4.78, 5) is 29.8. The smallest absolute Gasteiger partial charge is 0.250 e. The molecule has 0 saturated carbocycles. The molecule has 2 amide bonds. The highest BCUT2D eigenvalue weighted by molar-refractivity contribution is 6.06. The molecule has 0 saturated heterocycles. The topological polar surface area (TPSA) is 140 Å². The summed E-state index contributed by atoms with van der Waals surface area (Å²) < 4.78 is 0. The molecular formula is C25H26N6O2. The number of para-hydroxylation sites is 1. The van der Waals surface area contributed by atoms with Gasteiger partial charge in [-0.2, -0.15) is 5.10 Å². The third-order valence-electron chi connectivity index (χ3n) is 5.53. The van der Waals surface area contributed by atoms with E-state index >= 15 is 0 Å². The van der Waals surface area contributed by atoms with Gasteiger partial charge in [0.05, 0.1) is 40.0 Å². The molecule has 33 heavy (non-hydrogen) atoms. The number of anilines is 2. The van der Waals surface area contributed by atoms with E-state index in [4.69, 9.17) is 16.5 Å². The van der Waals surface area contributed by atoms with Gasteiger partial charge in [-0.05, 0) is 30.7 Å². The molecule has 2 heterocycles. The molecule has 168 valence electrons. The average molecular weight is 443 g/mol. The van der Waals surface area contributed by atoms with Crippen LogP contribution >= 0.6 is 0 Å². The minimum absolute atomic E-state index is 0.139. The number of hydrogen-bond acceptors (Lipinski definition) is 5. The number of carbonyl (C=O) groups is 2. The first kappa shape index (κ1) is 22.0. The molecule has 0 radical (unpaired) electrons. The van der Waals surface area contributed by atoms with Crippen molar-refractivity contribution >= 4 is 34.1 Å². The summed E-state index contributed by atoms with van der Waals surface area (Å²) in [5, 5.41) is 10.9. The van der Waals surface area contributed by atoms with E-state index in [-0.39, 0.29) is 17.2 Å². The van der Waals surface area contributed by atoms with E-state index in [0.29, 0.717) is 22.6 Å². The van der Waals surface area contributed by atoms with E-state index in [1.54, 1.807) is 18.3 Å². The van der Waals surface area contributed by atoms with Gasteiger partial charge >= 0.3 is 0 Å². The SMILES string of the molecule is Cc1ccc2[nH]ncc2c1-c1nc(-c2ccccc2NC(=O)C(C)(C)C)cc(C(N)=O)c1N. The highest BCUT2D eigenvalue weighted by atomic mass is 16.2. The van der Waals surface area contributed by atoms with E-state index in [1.165, 1.54) is 0 Å². The first-order chi connectivity index (χ1) is 15.6. The molecule has 0 aliphatic heterocycles. The number of nitrogen functional groups attached to an aromatic ring is 1. The number of nitrogens with two attached hydrogens (primary N) is 2. The number of nitrogens with zero attached hydrogens (tertiary/aromatic N) is 2. The highest BCUT2D eigenvalue weighted by Crippen LogP contribution is 2.38. The molecule has 4 aromatic rings. The lowest BCUT2D eigenvalue weighted by molar-refractivity contribution is -0.123. The third kappa shape index (κ3) is 4.03. The number of fused-ring (bicyclic) bond motifs is 1. The number of nitrogens with one attached hydrogen (secondary N) is 2.